The fourth-order valence-corrected chi connectivity index (χ4v) is 1.53. The summed E-state index contributed by atoms with van der Waals surface area (Å²) in [5, 5.41) is 8.84. The lowest BCUT2D eigenvalue weighted by Crippen LogP contribution is -2.10. The topological polar surface area (TPSA) is 67.5 Å². The van der Waals surface area contributed by atoms with Gasteiger partial charge in [-0.1, -0.05) is 30.3 Å². The van der Waals surface area contributed by atoms with Gasteiger partial charge in [0.2, 0.25) is 5.76 Å². The summed E-state index contributed by atoms with van der Waals surface area (Å²) in [5.41, 5.74) is 0.749. The van der Waals surface area contributed by atoms with Crippen molar-refractivity contribution >= 4 is 5.97 Å². The second-order valence-corrected chi connectivity index (χ2v) is 3.60. The van der Waals surface area contributed by atoms with Gasteiger partial charge in [-0.2, -0.15) is 0 Å². The molecule has 0 fully saturated rings. The summed E-state index contributed by atoms with van der Waals surface area (Å²) < 4.78 is 5.24. The highest BCUT2D eigenvalue weighted by Crippen LogP contribution is 2.21. The summed E-state index contributed by atoms with van der Waals surface area (Å²) in [7, 11) is 0. The number of carbonyl (C=O) groups is 1. The van der Waals surface area contributed by atoms with Crippen LogP contribution in [0.25, 0.3) is 11.3 Å². The fraction of sp³-hybridized carbons (Fsp3) is 0.0769. The molecular formula is C13H10O4. The molecule has 0 amide bonds. The van der Waals surface area contributed by atoms with Gasteiger partial charge in [-0.25, -0.2) is 4.79 Å². The van der Waals surface area contributed by atoms with Gasteiger partial charge in [0.05, 0.1) is 0 Å². The van der Waals surface area contributed by atoms with E-state index in [9.17, 15) is 9.59 Å². The Morgan fingerprint density at radius 3 is 2.47 bits per heavy atom. The van der Waals surface area contributed by atoms with Gasteiger partial charge >= 0.3 is 5.97 Å². The molecule has 1 N–H and O–H groups in total. The summed E-state index contributed by atoms with van der Waals surface area (Å²) in [4.78, 5) is 22.4. The maximum absolute atomic E-state index is 11.6. The first-order chi connectivity index (χ1) is 8.09. The second-order valence-electron chi connectivity index (χ2n) is 3.60. The fourth-order valence-electron chi connectivity index (χ4n) is 1.53. The van der Waals surface area contributed by atoms with Crippen LogP contribution in [0.4, 0.5) is 0 Å². The molecule has 17 heavy (non-hydrogen) atoms. The summed E-state index contributed by atoms with van der Waals surface area (Å²) in [5.74, 6) is -1.30. The van der Waals surface area contributed by atoms with Crippen molar-refractivity contribution in [2.75, 3.05) is 0 Å². The van der Waals surface area contributed by atoms with Crippen LogP contribution in [0.2, 0.25) is 0 Å². The van der Waals surface area contributed by atoms with Crippen molar-refractivity contribution in [3.63, 3.8) is 0 Å². The molecule has 0 unspecified atom stereocenters. The number of rotatable bonds is 2. The Bertz CT molecular complexity index is 611. The first-order valence-electron chi connectivity index (χ1n) is 5.03. The van der Waals surface area contributed by atoms with Gasteiger partial charge in [-0.15, -0.1) is 0 Å². The lowest BCUT2D eigenvalue weighted by Gasteiger charge is -2.05. The van der Waals surface area contributed by atoms with Crippen molar-refractivity contribution in [3.05, 3.63) is 57.9 Å². The van der Waals surface area contributed by atoms with E-state index in [1.54, 1.807) is 31.2 Å². The lowest BCUT2D eigenvalue weighted by atomic mass is 10.1. The highest BCUT2D eigenvalue weighted by Gasteiger charge is 2.14. The molecule has 0 atom stereocenters. The van der Waals surface area contributed by atoms with Gasteiger partial charge in [0.15, 0.2) is 5.43 Å². The first-order valence-corrected chi connectivity index (χ1v) is 5.03. The Morgan fingerprint density at radius 2 is 1.88 bits per heavy atom. The van der Waals surface area contributed by atoms with Crippen molar-refractivity contribution in [2.45, 2.75) is 6.92 Å². The molecule has 1 heterocycles. The Balaban J connectivity index is 2.69. The normalized spacial score (nSPS) is 10.2. The molecule has 86 valence electrons. The molecule has 2 rings (SSSR count). The van der Waals surface area contributed by atoms with Crippen LogP contribution in [0.15, 0.2) is 45.6 Å². The largest absolute Gasteiger partial charge is 0.475 e. The molecule has 1 aromatic heterocycles. The van der Waals surface area contributed by atoms with Crippen molar-refractivity contribution < 1.29 is 14.3 Å². The molecule has 0 saturated heterocycles. The first kappa shape index (κ1) is 11.1. The van der Waals surface area contributed by atoms with Crippen LogP contribution in [0, 0.1) is 6.92 Å². The summed E-state index contributed by atoms with van der Waals surface area (Å²) in [6, 6.07) is 9.93. The average molecular weight is 230 g/mol. The number of hydrogen-bond donors (Lipinski definition) is 1. The quantitative estimate of drug-likeness (QED) is 0.859. The molecule has 0 bridgehead atoms. The van der Waals surface area contributed by atoms with Crippen molar-refractivity contribution in [2.24, 2.45) is 0 Å². The third kappa shape index (κ3) is 2.10. The zero-order valence-corrected chi connectivity index (χ0v) is 9.14. The minimum atomic E-state index is -1.25. The molecule has 4 nitrogen and oxygen atoms in total. The van der Waals surface area contributed by atoms with Crippen LogP contribution >= 0.6 is 0 Å². The van der Waals surface area contributed by atoms with Crippen LogP contribution in [0.1, 0.15) is 16.1 Å². The van der Waals surface area contributed by atoms with Crippen LogP contribution in [-0.2, 0) is 0 Å². The molecular weight excluding hydrogens is 220 g/mol. The number of hydrogen-bond acceptors (Lipinski definition) is 3. The monoisotopic (exact) mass is 230 g/mol. The minimum absolute atomic E-state index is 0.301. The van der Waals surface area contributed by atoms with E-state index in [2.05, 4.69) is 0 Å². The third-order valence-electron chi connectivity index (χ3n) is 2.43. The van der Waals surface area contributed by atoms with E-state index in [1.165, 1.54) is 0 Å². The van der Waals surface area contributed by atoms with E-state index in [0.29, 0.717) is 16.9 Å². The highest BCUT2D eigenvalue weighted by molar-refractivity contribution is 5.84. The van der Waals surface area contributed by atoms with Gasteiger partial charge in [-0.3, -0.25) is 4.79 Å². The lowest BCUT2D eigenvalue weighted by molar-refractivity contribution is 0.0660. The second kappa shape index (κ2) is 4.25. The van der Waals surface area contributed by atoms with Crippen LogP contribution < -0.4 is 5.43 Å². The van der Waals surface area contributed by atoms with E-state index in [4.69, 9.17) is 9.52 Å². The van der Waals surface area contributed by atoms with Crippen LogP contribution in [0.3, 0.4) is 0 Å². The number of carboxylic acid groups (broad SMARTS) is 1. The molecule has 4 heteroatoms. The predicted octanol–water partition coefficient (Wildman–Crippen LogP) is 2.31. The van der Waals surface area contributed by atoms with E-state index < -0.39 is 5.97 Å². The van der Waals surface area contributed by atoms with Gasteiger partial charge in [0.1, 0.15) is 5.76 Å². The van der Waals surface area contributed by atoms with Gasteiger partial charge < -0.3 is 9.52 Å². The van der Waals surface area contributed by atoms with E-state index >= 15 is 0 Å². The SMILES string of the molecule is Cc1c(-c2ccccc2)oc(C(=O)O)cc1=O. The number of carboxylic acids is 1. The summed E-state index contributed by atoms with van der Waals surface area (Å²) >= 11 is 0. The molecule has 0 aliphatic carbocycles. The van der Waals surface area contributed by atoms with Crippen LogP contribution in [-0.4, -0.2) is 11.1 Å². The molecule has 0 radical (unpaired) electrons. The molecule has 0 aliphatic rings. The maximum Gasteiger partial charge on any atom is 0.371 e. The summed E-state index contributed by atoms with van der Waals surface area (Å²) in [6.07, 6.45) is 0. The maximum atomic E-state index is 11.6. The van der Waals surface area contributed by atoms with E-state index in [1.807, 2.05) is 6.07 Å². The Hall–Kier alpha value is -2.36. The van der Waals surface area contributed by atoms with Gasteiger partial charge in [-0.05, 0) is 6.92 Å². The average Bonchev–Trinajstić information content (AvgIpc) is 2.33. The molecule has 0 aliphatic heterocycles. The zero-order chi connectivity index (χ0) is 12.4. The molecule has 0 spiro atoms. The van der Waals surface area contributed by atoms with Gasteiger partial charge in [0, 0.05) is 17.2 Å². The van der Waals surface area contributed by atoms with Crippen molar-refractivity contribution in [1.29, 1.82) is 0 Å². The standard InChI is InChI=1S/C13H10O4/c1-8-10(14)7-11(13(15)16)17-12(8)9-5-3-2-4-6-9/h2-7H,1H3,(H,15,16). The Kier molecular flexibility index (Phi) is 2.78. The summed E-state index contributed by atoms with van der Waals surface area (Å²) in [6.45, 7) is 1.61. The van der Waals surface area contributed by atoms with E-state index in [0.717, 1.165) is 6.07 Å². The molecule has 0 saturated carbocycles. The number of benzene rings is 1. The van der Waals surface area contributed by atoms with Crippen LogP contribution in [0.5, 0.6) is 0 Å². The van der Waals surface area contributed by atoms with Crippen molar-refractivity contribution in [1.82, 2.24) is 0 Å². The smallest absolute Gasteiger partial charge is 0.371 e. The highest BCUT2D eigenvalue weighted by atomic mass is 16.4. The third-order valence-corrected chi connectivity index (χ3v) is 2.43. The number of aromatic carboxylic acids is 1. The Labute approximate surface area is 97.1 Å². The van der Waals surface area contributed by atoms with Crippen molar-refractivity contribution in [3.8, 4) is 11.3 Å². The van der Waals surface area contributed by atoms with Gasteiger partial charge in [0.25, 0.3) is 0 Å². The molecule has 2 aromatic rings. The Morgan fingerprint density at radius 1 is 1.24 bits per heavy atom. The minimum Gasteiger partial charge on any atom is -0.475 e. The van der Waals surface area contributed by atoms with E-state index in [-0.39, 0.29) is 11.2 Å². The predicted molar refractivity (Wildman–Crippen MR) is 62.1 cm³/mol. The molecule has 1 aromatic carbocycles. The zero-order valence-electron chi connectivity index (χ0n) is 9.14.